The van der Waals surface area contributed by atoms with Crippen LogP contribution < -0.4 is 11.5 Å². The van der Waals surface area contributed by atoms with Crippen molar-refractivity contribution in [3.8, 4) is 0 Å². The van der Waals surface area contributed by atoms with Crippen molar-refractivity contribution < 1.29 is 10.2 Å². The molecule has 0 saturated heterocycles. The van der Waals surface area contributed by atoms with E-state index in [2.05, 4.69) is 0 Å². The molecule has 0 fully saturated rings. The normalized spacial score (nSPS) is 23.4. The zero-order valence-electron chi connectivity index (χ0n) is 6.41. The van der Waals surface area contributed by atoms with E-state index in [4.69, 9.17) is 16.6 Å². The molecular weight excluding hydrogens is 132 g/mol. The van der Waals surface area contributed by atoms with Crippen LogP contribution in [0.25, 0.3) is 0 Å². The van der Waals surface area contributed by atoms with Crippen molar-refractivity contribution in [2.24, 2.45) is 17.4 Å². The van der Waals surface area contributed by atoms with Gasteiger partial charge in [0.15, 0.2) is 0 Å². The summed E-state index contributed by atoms with van der Waals surface area (Å²) >= 11 is 0. The fourth-order valence-corrected chi connectivity index (χ4v) is 1.00. The summed E-state index contributed by atoms with van der Waals surface area (Å²) in [7, 11) is 0. The van der Waals surface area contributed by atoms with Gasteiger partial charge in [-0.15, -0.1) is 0 Å². The van der Waals surface area contributed by atoms with Gasteiger partial charge in [-0.3, -0.25) is 0 Å². The van der Waals surface area contributed by atoms with Crippen LogP contribution in [-0.2, 0) is 0 Å². The second-order valence-electron chi connectivity index (χ2n) is 2.73. The quantitative estimate of drug-likeness (QED) is 0.384. The Bertz CT molecular complexity index is 98.4. The van der Waals surface area contributed by atoms with Gasteiger partial charge >= 0.3 is 0 Å². The Balaban J connectivity index is 4.07. The van der Waals surface area contributed by atoms with E-state index in [-0.39, 0.29) is 0 Å². The molecule has 0 saturated carbocycles. The highest BCUT2D eigenvalue weighted by molar-refractivity contribution is 4.77. The van der Waals surface area contributed by atoms with Crippen LogP contribution in [0.4, 0.5) is 0 Å². The zero-order valence-corrected chi connectivity index (χ0v) is 6.41. The lowest BCUT2D eigenvalue weighted by atomic mass is 9.94. The van der Waals surface area contributed by atoms with Crippen molar-refractivity contribution in [2.75, 3.05) is 0 Å². The van der Waals surface area contributed by atoms with E-state index in [9.17, 15) is 5.11 Å². The Morgan fingerprint density at radius 2 is 2.00 bits per heavy atom. The lowest BCUT2D eigenvalue weighted by Crippen LogP contribution is -2.51. The van der Waals surface area contributed by atoms with Crippen LogP contribution in [0.5, 0.6) is 0 Å². The maximum absolute atomic E-state index is 9.19. The van der Waals surface area contributed by atoms with E-state index in [0.29, 0.717) is 6.42 Å². The molecule has 0 radical (unpaired) electrons. The van der Waals surface area contributed by atoms with Gasteiger partial charge in [0.05, 0.1) is 0 Å². The molecule has 4 nitrogen and oxygen atoms in total. The standard InChI is InChI=1S/C6H16N2O2/c1-3-4(5(7)9)6(2,8)10/h4-5,9-10H,3,7-8H2,1-2H3. The zero-order chi connectivity index (χ0) is 8.36. The number of aliphatic hydroxyl groups excluding tert-OH is 1. The molecule has 62 valence electrons. The summed E-state index contributed by atoms with van der Waals surface area (Å²) < 4.78 is 0. The molecule has 4 heteroatoms. The Morgan fingerprint density at radius 3 is 2.00 bits per heavy atom. The van der Waals surface area contributed by atoms with Crippen LogP contribution in [-0.4, -0.2) is 22.2 Å². The summed E-state index contributed by atoms with van der Waals surface area (Å²) in [5.74, 6) is -0.465. The predicted molar refractivity (Wildman–Crippen MR) is 38.8 cm³/mol. The molecule has 3 atom stereocenters. The summed E-state index contributed by atoms with van der Waals surface area (Å²) in [5.41, 5.74) is 9.07. The molecular formula is C6H16N2O2. The van der Waals surface area contributed by atoms with Gasteiger partial charge in [-0.25, -0.2) is 0 Å². The summed E-state index contributed by atoms with van der Waals surface area (Å²) in [6.45, 7) is 3.24. The molecule has 0 aliphatic carbocycles. The van der Waals surface area contributed by atoms with E-state index in [0.717, 1.165) is 0 Å². The molecule has 3 unspecified atom stereocenters. The maximum Gasteiger partial charge on any atom is 0.117 e. The smallest absolute Gasteiger partial charge is 0.117 e. The molecule has 0 aliphatic rings. The van der Waals surface area contributed by atoms with Gasteiger partial charge < -0.3 is 21.7 Å². The monoisotopic (exact) mass is 148 g/mol. The number of hydrogen-bond donors (Lipinski definition) is 4. The van der Waals surface area contributed by atoms with Gasteiger partial charge in [0.1, 0.15) is 12.0 Å². The largest absolute Gasteiger partial charge is 0.378 e. The van der Waals surface area contributed by atoms with Crippen LogP contribution in [0.1, 0.15) is 20.3 Å². The van der Waals surface area contributed by atoms with Crippen LogP contribution in [0, 0.1) is 5.92 Å². The van der Waals surface area contributed by atoms with Crippen molar-refractivity contribution in [1.82, 2.24) is 0 Å². The second-order valence-corrected chi connectivity index (χ2v) is 2.73. The molecule has 0 aromatic heterocycles. The van der Waals surface area contributed by atoms with E-state index >= 15 is 0 Å². The minimum atomic E-state index is -1.39. The summed E-state index contributed by atoms with van der Waals surface area (Å²) in [5, 5.41) is 18.1. The minimum absolute atomic E-state index is 0.465. The molecule has 0 aliphatic heterocycles. The van der Waals surface area contributed by atoms with Crippen molar-refractivity contribution in [2.45, 2.75) is 32.2 Å². The summed E-state index contributed by atoms with van der Waals surface area (Å²) in [6.07, 6.45) is -0.494. The predicted octanol–water partition coefficient (Wildman–Crippen LogP) is -1.04. The first-order chi connectivity index (χ1) is 4.39. The van der Waals surface area contributed by atoms with Crippen LogP contribution in [0.3, 0.4) is 0 Å². The highest BCUT2D eigenvalue weighted by atomic mass is 16.3. The summed E-state index contributed by atoms with van der Waals surface area (Å²) in [4.78, 5) is 0. The molecule has 0 bridgehead atoms. The number of rotatable bonds is 3. The van der Waals surface area contributed by atoms with Crippen molar-refractivity contribution in [1.29, 1.82) is 0 Å². The molecule has 10 heavy (non-hydrogen) atoms. The molecule has 0 heterocycles. The fraction of sp³-hybridized carbons (Fsp3) is 1.00. The van der Waals surface area contributed by atoms with Crippen LogP contribution in [0.15, 0.2) is 0 Å². The molecule has 0 aromatic rings. The van der Waals surface area contributed by atoms with Crippen molar-refractivity contribution in [3.05, 3.63) is 0 Å². The lowest BCUT2D eigenvalue weighted by molar-refractivity contribution is -0.0543. The molecule has 0 rings (SSSR count). The average Bonchev–Trinajstić information content (AvgIpc) is 1.60. The van der Waals surface area contributed by atoms with Crippen molar-refractivity contribution >= 4 is 0 Å². The third-order valence-electron chi connectivity index (χ3n) is 1.60. The third kappa shape index (κ3) is 2.62. The van der Waals surface area contributed by atoms with Crippen LogP contribution >= 0.6 is 0 Å². The Kier molecular flexibility index (Phi) is 3.24. The van der Waals surface area contributed by atoms with E-state index in [1.807, 2.05) is 6.92 Å². The van der Waals surface area contributed by atoms with Gasteiger partial charge in [-0.05, 0) is 13.3 Å². The highest BCUT2D eigenvalue weighted by Crippen LogP contribution is 2.16. The third-order valence-corrected chi connectivity index (χ3v) is 1.60. The van der Waals surface area contributed by atoms with Gasteiger partial charge in [-0.1, -0.05) is 6.92 Å². The molecule has 0 spiro atoms. The van der Waals surface area contributed by atoms with Gasteiger partial charge in [0, 0.05) is 5.92 Å². The molecule has 0 amide bonds. The van der Waals surface area contributed by atoms with Gasteiger partial charge in [0.2, 0.25) is 0 Å². The maximum atomic E-state index is 9.19. The first kappa shape index (κ1) is 9.84. The topological polar surface area (TPSA) is 92.5 Å². The first-order valence-electron chi connectivity index (χ1n) is 3.34. The summed E-state index contributed by atoms with van der Waals surface area (Å²) in [6, 6.07) is 0. The van der Waals surface area contributed by atoms with Gasteiger partial charge in [0.25, 0.3) is 0 Å². The molecule has 0 aromatic carbocycles. The highest BCUT2D eigenvalue weighted by Gasteiger charge is 2.29. The van der Waals surface area contributed by atoms with Crippen LogP contribution in [0.2, 0.25) is 0 Å². The first-order valence-corrected chi connectivity index (χ1v) is 3.34. The lowest BCUT2D eigenvalue weighted by Gasteiger charge is -2.29. The average molecular weight is 148 g/mol. The second kappa shape index (κ2) is 3.30. The molecule has 6 N–H and O–H groups in total. The number of nitrogens with two attached hydrogens (primary N) is 2. The van der Waals surface area contributed by atoms with Gasteiger partial charge in [-0.2, -0.15) is 0 Å². The van der Waals surface area contributed by atoms with Crippen molar-refractivity contribution in [3.63, 3.8) is 0 Å². The minimum Gasteiger partial charge on any atom is -0.378 e. The van der Waals surface area contributed by atoms with E-state index in [1.165, 1.54) is 6.92 Å². The Morgan fingerprint density at radius 1 is 1.60 bits per heavy atom. The SMILES string of the molecule is CCC(C(N)O)C(C)(N)O. The van der Waals surface area contributed by atoms with E-state index < -0.39 is 17.9 Å². The Hall–Kier alpha value is -0.160. The number of aliphatic hydroxyl groups is 2. The van der Waals surface area contributed by atoms with E-state index in [1.54, 1.807) is 0 Å². The Labute approximate surface area is 60.8 Å². The fourth-order valence-electron chi connectivity index (χ4n) is 1.00. The number of hydrogen-bond acceptors (Lipinski definition) is 4.